The first-order chi connectivity index (χ1) is 32.1. The lowest BCUT2D eigenvalue weighted by atomic mass is 9.94. The van der Waals surface area contributed by atoms with Crippen LogP contribution in [0.3, 0.4) is 0 Å². The summed E-state index contributed by atoms with van der Waals surface area (Å²) in [6.45, 7) is 21.3. The molecule has 4 aliphatic rings. The van der Waals surface area contributed by atoms with Crippen LogP contribution in [0, 0.1) is 0 Å². The van der Waals surface area contributed by atoms with E-state index in [4.69, 9.17) is 18.3 Å². The number of methoxy groups -OCH3 is 2. The van der Waals surface area contributed by atoms with Gasteiger partial charge in [-0.05, 0) is 58.5 Å². The number of hydrazine groups is 2. The number of rotatable bonds is 10. The Balaban J connectivity index is 0.000000201. The normalized spacial score (nSPS) is 21.5. The molecule has 0 N–H and O–H groups in total. The lowest BCUT2D eigenvalue weighted by Crippen LogP contribution is -2.51. The Labute approximate surface area is 404 Å². The summed E-state index contributed by atoms with van der Waals surface area (Å²) in [6, 6.07) is 39.5. The van der Waals surface area contributed by atoms with Crippen LogP contribution in [0.2, 0.25) is 36.3 Å². The number of carbonyl (C=O) groups excluding carboxylic acids is 4. The minimum atomic E-state index is -2.37. The van der Waals surface area contributed by atoms with Gasteiger partial charge in [0.1, 0.15) is 0 Å². The van der Waals surface area contributed by atoms with Crippen molar-refractivity contribution in [3.05, 3.63) is 166 Å². The third-order valence-corrected chi connectivity index (χ3v) is 23.2. The van der Waals surface area contributed by atoms with Gasteiger partial charge in [-0.3, -0.25) is 9.59 Å². The van der Waals surface area contributed by atoms with Crippen LogP contribution >= 0.6 is 0 Å². The van der Waals surface area contributed by atoms with Crippen molar-refractivity contribution in [2.45, 2.75) is 128 Å². The number of benzene rings is 4. The van der Waals surface area contributed by atoms with Gasteiger partial charge in [0.2, 0.25) is 23.6 Å². The van der Waals surface area contributed by atoms with Crippen LogP contribution in [-0.4, -0.2) is 74.6 Å². The first kappa shape index (κ1) is 50.1. The molecule has 4 aromatic carbocycles. The zero-order valence-electron chi connectivity index (χ0n) is 41.7. The Hall–Kier alpha value is -5.81. The van der Waals surface area contributed by atoms with E-state index in [-0.39, 0.29) is 46.1 Å². The quantitative estimate of drug-likeness (QED) is 0.112. The molecule has 12 nitrogen and oxygen atoms in total. The number of nitrogens with zero attached hydrogens (tertiary/aromatic N) is 4. The van der Waals surface area contributed by atoms with E-state index in [1.807, 2.05) is 97.1 Å². The Morgan fingerprint density at radius 2 is 0.706 bits per heavy atom. The van der Waals surface area contributed by atoms with Gasteiger partial charge in [0, 0.05) is 12.8 Å². The molecule has 0 spiro atoms. The highest BCUT2D eigenvalue weighted by Crippen LogP contribution is 2.52. The zero-order valence-corrected chi connectivity index (χ0v) is 43.7. The molecule has 0 aromatic heterocycles. The average Bonchev–Trinajstić information content (AvgIpc) is 3.86. The second-order valence-electron chi connectivity index (χ2n) is 21.0. The summed E-state index contributed by atoms with van der Waals surface area (Å²) >= 11 is 0. The zero-order chi connectivity index (χ0) is 49.3. The number of hydrogen-bond acceptors (Lipinski definition) is 10. The molecule has 2 amide bonds. The summed E-state index contributed by atoms with van der Waals surface area (Å²) in [5.74, 6) is -0.382. The third kappa shape index (κ3) is 9.87. The summed E-state index contributed by atoms with van der Waals surface area (Å²) in [5, 5.41) is 7.27. The van der Waals surface area contributed by atoms with Crippen molar-refractivity contribution in [1.29, 1.82) is 0 Å². The van der Waals surface area contributed by atoms with E-state index in [2.05, 4.69) is 102 Å². The van der Waals surface area contributed by atoms with Crippen molar-refractivity contribution in [3.63, 3.8) is 0 Å². The molecule has 0 aliphatic carbocycles. The molecule has 4 heterocycles. The van der Waals surface area contributed by atoms with E-state index in [0.717, 1.165) is 22.3 Å². The second-order valence-corrected chi connectivity index (χ2v) is 30.4. The lowest BCUT2D eigenvalue weighted by molar-refractivity contribution is -0.149. The maximum absolute atomic E-state index is 13.6. The van der Waals surface area contributed by atoms with Crippen LogP contribution in [0.4, 0.5) is 0 Å². The predicted molar refractivity (Wildman–Crippen MR) is 267 cm³/mol. The molecule has 360 valence electrons. The van der Waals surface area contributed by atoms with Crippen LogP contribution < -0.4 is 0 Å². The van der Waals surface area contributed by atoms with Crippen LogP contribution in [0.25, 0.3) is 0 Å². The second kappa shape index (κ2) is 19.7. The van der Waals surface area contributed by atoms with Crippen molar-refractivity contribution >= 4 is 40.4 Å². The number of carbonyl (C=O) groups is 4. The molecule has 0 radical (unpaired) electrons. The first-order valence-electron chi connectivity index (χ1n) is 23.5. The van der Waals surface area contributed by atoms with Crippen LogP contribution in [0.15, 0.2) is 144 Å². The summed E-state index contributed by atoms with van der Waals surface area (Å²) in [5.41, 5.74) is 5.03. The smallest absolute Gasteiger partial charge is 0.339 e. The van der Waals surface area contributed by atoms with E-state index in [1.54, 1.807) is 10.0 Å². The van der Waals surface area contributed by atoms with Gasteiger partial charge in [-0.1, -0.05) is 163 Å². The molecular weight excluding hydrogens is 889 g/mol. The summed E-state index contributed by atoms with van der Waals surface area (Å²) < 4.78 is 23.8. The average molecular weight is 957 g/mol. The van der Waals surface area contributed by atoms with Gasteiger partial charge in [0.05, 0.1) is 62.4 Å². The summed E-state index contributed by atoms with van der Waals surface area (Å²) in [4.78, 5) is 53.3. The topological polar surface area (TPSA) is 118 Å². The first-order valence-corrected chi connectivity index (χ1v) is 29.3. The highest BCUT2D eigenvalue weighted by Gasteiger charge is 2.54. The number of amides is 2. The monoisotopic (exact) mass is 956 g/mol. The van der Waals surface area contributed by atoms with Crippen molar-refractivity contribution in [1.82, 2.24) is 20.0 Å². The van der Waals surface area contributed by atoms with Crippen molar-refractivity contribution in [2.24, 2.45) is 0 Å². The molecule has 4 aromatic rings. The molecular formula is C54H68N4O8Si2. The third-order valence-electron chi connectivity index (χ3n) is 14.6. The van der Waals surface area contributed by atoms with E-state index in [1.165, 1.54) is 14.2 Å². The fraction of sp³-hybridized carbons (Fsp3) is 0.407. The van der Waals surface area contributed by atoms with Gasteiger partial charge in [-0.2, -0.15) is 10.0 Å². The van der Waals surface area contributed by atoms with Gasteiger partial charge in [-0.25, -0.2) is 19.6 Å². The molecule has 2 fully saturated rings. The Kier molecular flexibility index (Phi) is 14.5. The highest BCUT2D eigenvalue weighted by molar-refractivity contribution is 6.74. The minimum absolute atomic E-state index is 0.0791. The lowest BCUT2D eigenvalue weighted by Gasteiger charge is -2.46. The van der Waals surface area contributed by atoms with Gasteiger partial charge >= 0.3 is 11.9 Å². The van der Waals surface area contributed by atoms with Crippen LogP contribution in [0.1, 0.15) is 114 Å². The Morgan fingerprint density at radius 1 is 0.456 bits per heavy atom. The number of esters is 2. The Bertz CT molecular complexity index is 2360. The largest absolute Gasteiger partial charge is 0.530 e. The number of hydrogen-bond donors (Lipinski definition) is 0. The van der Waals surface area contributed by atoms with E-state index < -0.39 is 28.6 Å². The summed E-state index contributed by atoms with van der Waals surface area (Å²) in [6.07, 6.45) is 1.42. The molecule has 2 saturated heterocycles. The molecule has 4 atom stereocenters. The van der Waals surface area contributed by atoms with Crippen LogP contribution in [0.5, 0.6) is 0 Å². The van der Waals surface area contributed by atoms with E-state index >= 15 is 0 Å². The van der Waals surface area contributed by atoms with Crippen LogP contribution in [-0.2, 0) is 37.5 Å². The number of ether oxygens (including phenoxy) is 2. The maximum atomic E-state index is 13.6. The standard InChI is InChI=1S/2C27H34N2O4Si/c2*1-27(2,3)34(5,6)33-25-21(26(31)32-4)17-22(19-13-9-7-10-14-19)28-23(18-24(30)29(25)28)20-15-11-8-12-16-20/h2*7-16,22-23H,17-18H2,1-6H3/t2*22-,23+/m00/s1. The fourth-order valence-corrected chi connectivity index (χ4v) is 10.7. The minimum Gasteiger partial charge on any atom is -0.530 e. The van der Waals surface area contributed by atoms with Gasteiger partial charge in [-0.15, -0.1) is 0 Å². The molecule has 0 saturated carbocycles. The molecule has 8 rings (SSSR count). The summed E-state index contributed by atoms with van der Waals surface area (Å²) in [7, 11) is -1.99. The van der Waals surface area contributed by atoms with Crippen molar-refractivity contribution in [3.8, 4) is 0 Å². The van der Waals surface area contributed by atoms with Crippen molar-refractivity contribution in [2.75, 3.05) is 14.2 Å². The maximum Gasteiger partial charge on any atom is 0.339 e. The van der Waals surface area contributed by atoms with Gasteiger partial charge in [0.25, 0.3) is 16.6 Å². The molecule has 0 unspecified atom stereocenters. The number of fused-ring (bicyclic) bond motifs is 2. The molecule has 4 aliphatic heterocycles. The predicted octanol–water partition coefficient (Wildman–Crippen LogP) is 11.5. The van der Waals surface area contributed by atoms with E-state index in [9.17, 15) is 19.2 Å². The fourth-order valence-electron chi connectivity index (χ4n) is 8.75. The highest BCUT2D eigenvalue weighted by atomic mass is 28.4. The SMILES string of the molecule is COC(=O)C1=C(O[Si](C)(C)C(C)(C)C)N2C(=O)C[C@H](c3ccccc3)N2[C@H](c2ccccc2)C1.COC(=O)C1=C(O[Si](C)(C)C(C)(C)C)N2C(=O)C[C@H](c3ccccc3)N2[C@H](c2ccccc2)C1. The van der Waals surface area contributed by atoms with E-state index in [0.29, 0.717) is 48.6 Å². The van der Waals surface area contributed by atoms with Crippen molar-refractivity contribution < 1.29 is 37.5 Å². The molecule has 0 bridgehead atoms. The van der Waals surface area contributed by atoms with Gasteiger partial charge < -0.3 is 18.3 Å². The Morgan fingerprint density at radius 3 is 0.941 bits per heavy atom. The molecule has 68 heavy (non-hydrogen) atoms. The molecule has 14 heteroatoms. The van der Waals surface area contributed by atoms with Gasteiger partial charge in [0.15, 0.2) is 0 Å².